The molecule has 11 heavy (non-hydrogen) atoms. The van der Waals surface area contributed by atoms with Gasteiger partial charge in [0.05, 0.1) is 25.5 Å². The molecule has 5 nitrogen and oxygen atoms in total. The molecular formula is C6H7N3O2. The first-order valence-electron chi connectivity index (χ1n) is 3.37. The first-order valence-corrected chi connectivity index (χ1v) is 3.37. The first kappa shape index (κ1) is 6.48. The van der Waals surface area contributed by atoms with Crippen molar-refractivity contribution in [1.82, 2.24) is 15.0 Å². The Morgan fingerprint density at radius 1 is 1.64 bits per heavy atom. The van der Waals surface area contributed by atoms with Crippen LogP contribution >= 0.6 is 0 Å². The van der Waals surface area contributed by atoms with Gasteiger partial charge in [0, 0.05) is 0 Å². The topological polar surface area (TPSA) is 57.0 Å². The Hall–Kier alpha value is -1.23. The second-order valence-electron chi connectivity index (χ2n) is 2.31. The molecule has 0 N–H and O–H groups in total. The SMILES string of the molecule is O=Cc1nnn2c1COCC2. The zero-order chi connectivity index (χ0) is 7.68. The average Bonchev–Trinajstić information content (AvgIpc) is 2.47. The van der Waals surface area contributed by atoms with Gasteiger partial charge >= 0.3 is 0 Å². The van der Waals surface area contributed by atoms with Crippen LogP contribution in [0, 0.1) is 0 Å². The number of aldehydes is 1. The Labute approximate surface area is 63.0 Å². The zero-order valence-corrected chi connectivity index (χ0v) is 5.86. The van der Waals surface area contributed by atoms with Gasteiger partial charge in [0.25, 0.3) is 0 Å². The average molecular weight is 153 g/mol. The lowest BCUT2D eigenvalue weighted by Crippen LogP contribution is -2.17. The molecule has 1 aromatic heterocycles. The van der Waals surface area contributed by atoms with Crippen LogP contribution in [0.1, 0.15) is 16.2 Å². The Kier molecular flexibility index (Phi) is 1.43. The maximum Gasteiger partial charge on any atom is 0.172 e. The van der Waals surface area contributed by atoms with Crippen LogP contribution in [-0.4, -0.2) is 27.9 Å². The van der Waals surface area contributed by atoms with E-state index in [1.165, 1.54) is 0 Å². The normalized spacial score (nSPS) is 16.0. The van der Waals surface area contributed by atoms with Crippen LogP contribution in [0.4, 0.5) is 0 Å². The van der Waals surface area contributed by atoms with E-state index in [0.29, 0.717) is 31.7 Å². The Balaban J connectivity index is 2.45. The lowest BCUT2D eigenvalue weighted by atomic mass is 10.3. The fraction of sp³-hybridized carbons (Fsp3) is 0.500. The summed E-state index contributed by atoms with van der Waals surface area (Å²) >= 11 is 0. The minimum absolute atomic E-state index is 0.393. The molecule has 0 amide bonds. The van der Waals surface area contributed by atoms with E-state index in [4.69, 9.17) is 4.74 Å². The predicted molar refractivity (Wildman–Crippen MR) is 35.1 cm³/mol. The van der Waals surface area contributed by atoms with E-state index in [1.807, 2.05) is 0 Å². The smallest absolute Gasteiger partial charge is 0.172 e. The summed E-state index contributed by atoms with van der Waals surface area (Å²) in [6, 6.07) is 0. The number of carbonyl (C=O) groups is 1. The van der Waals surface area contributed by atoms with E-state index in [0.717, 1.165) is 5.69 Å². The lowest BCUT2D eigenvalue weighted by Gasteiger charge is -2.12. The van der Waals surface area contributed by atoms with Crippen LogP contribution in [0.25, 0.3) is 0 Å². The molecule has 0 spiro atoms. The predicted octanol–water partition coefficient (Wildman–Crippen LogP) is -0.379. The molecule has 58 valence electrons. The molecule has 0 saturated carbocycles. The van der Waals surface area contributed by atoms with E-state index in [-0.39, 0.29) is 0 Å². The molecule has 1 aromatic rings. The molecule has 1 aliphatic rings. The largest absolute Gasteiger partial charge is 0.373 e. The van der Waals surface area contributed by atoms with Crippen molar-refractivity contribution in [2.45, 2.75) is 13.2 Å². The zero-order valence-electron chi connectivity index (χ0n) is 5.86. The van der Waals surface area contributed by atoms with Crippen molar-refractivity contribution < 1.29 is 9.53 Å². The molecular weight excluding hydrogens is 146 g/mol. The van der Waals surface area contributed by atoms with Crippen molar-refractivity contribution in [1.29, 1.82) is 0 Å². The summed E-state index contributed by atoms with van der Waals surface area (Å²) in [5, 5.41) is 7.46. The van der Waals surface area contributed by atoms with Crippen molar-refractivity contribution >= 4 is 6.29 Å². The van der Waals surface area contributed by atoms with Gasteiger partial charge in [-0.2, -0.15) is 0 Å². The Morgan fingerprint density at radius 3 is 3.36 bits per heavy atom. The van der Waals surface area contributed by atoms with Crippen molar-refractivity contribution in [2.75, 3.05) is 6.61 Å². The van der Waals surface area contributed by atoms with Gasteiger partial charge in [0.2, 0.25) is 0 Å². The van der Waals surface area contributed by atoms with Crippen molar-refractivity contribution in [2.24, 2.45) is 0 Å². The van der Waals surface area contributed by atoms with Crippen LogP contribution in [0.15, 0.2) is 0 Å². The summed E-state index contributed by atoms with van der Waals surface area (Å²) in [7, 11) is 0. The van der Waals surface area contributed by atoms with Gasteiger partial charge in [-0.25, -0.2) is 4.68 Å². The van der Waals surface area contributed by atoms with E-state index in [2.05, 4.69) is 10.3 Å². The third-order valence-corrected chi connectivity index (χ3v) is 1.67. The number of rotatable bonds is 1. The highest BCUT2D eigenvalue weighted by Crippen LogP contribution is 2.08. The van der Waals surface area contributed by atoms with Gasteiger partial charge in [-0.05, 0) is 0 Å². The molecule has 0 radical (unpaired) electrons. The number of fused-ring (bicyclic) bond motifs is 1. The quantitative estimate of drug-likeness (QED) is 0.516. The van der Waals surface area contributed by atoms with Gasteiger partial charge in [-0.1, -0.05) is 5.21 Å². The summed E-state index contributed by atoms with van der Waals surface area (Å²) < 4.78 is 6.84. The minimum atomic E-state index is 0.393. The highest BCUT2D eigenvalue weighted by Gasteiger charge is 2.15. The molecule has 0 unspecified atom stereocenters. The summed E-state index contributed by atoms with van der Waals surface area (Å²) in [6.45, 7) is 1.78. The summed E-state index contributed by atoms with van der Waals surface area (Å²) in [6.07, 6.45) is 0.702. The molecule has 1 aliphatic heterocycles. The van der Waals surface area contributed by atoms with Crippen LogP contribution in [0.5, 0.6) is 0 Å². The summed E-state index contributed by atoms with van der Waals surface area (Å²) in [4.78, 5) is 10.4. The van der Waals surface area contributed by atoms with Gasteiger partial charge in [0.15, 0.2) is 12.0 Å². The van der Waals surface area contributed by atoms with E-state index < -0.39 is 0 Å². The van der Waals surface area contributed by atoms with Crippen LogP contribution in [-0.2, 0) is 17.9 Å². The molecule has 2 rings (SSSR count). The number of aromatic nitrogens is 3. The van der Waals surface area contributed by atoms with E-state index in [1.54, 1.807) is 4.68 Å². The Bertz CT molecular complexity index is 281. The molecule has 0 aromatic carbocycles. The third-order valence-electron chi connectivity index (χ3n) is 1.67. The van der Waals surface area contributed by atoms with Crippen molar-refractivity contribution in [3.8, 4) is 0 Å². The molecule has 2 heterocycles. The van der Waals surface area contributed by atoms with E-state index >= 15 is 0 Å². The monoisotopic (exact) mass is 153 g/mol. The van der Waals surface area contributed by atoms with Gasteiger partial charge in [-0.15, -0.1) is 5.10 Å². The van der Waals surface area contributed by atoms with Gasteiger partial charge in [-0.3, -0.25) is 4.79 Å². The number of nitrogens with zero attached hydrogens (tertiary/aromatic N) is 3. The highest BCUT2D eigenvalue weighted by molar-refractivity contribution is 5.73. The maximum atomic E-state index is 10.4. The number of carbonyl (C=O) groups excluding carboxylic acids is 1. The minimum Gasteiger partial charge on any atom is -0.373 e. The van der Waals surface area contributed by atoms with E-state index in [9.17, 15) is 4.79 Å². The van der Waals surface area contributed by atoms with Crippen LogP contribution < -0.4 is 0 Å². The molecule has 0 fully saturated rings. The second kappa shape index (κ2) is 2.43. The molecule has 0 bridgehead atoms. The Morgan fingerprint density at radius 2 is 2.55 bits per heavy atom. The number of ether oxygens (including phenoxy) is 1. The molecule has 5 heteroatoms. The fourth-order valence-electron chi connectivity index (χ4n) is 1.09. The lowest BCUT2D eigenvalue weighted by molar-refractivity contribution is 0.0787. The number of hydrogen-bond donors (Lipinski definition) is 0. The summed E-state index contributed by atoms with van der Waals surface area (Å²) in [5.74, 6) is 0. The molecule has 0 atom stereocenters. The van der Waals surface area contributed by atoms with Crippen LogP contribution in [0.2, 0.25) is 0 Å². The van der Waals surface area contributed by atoms with Crippen molar-refractivity contribution in [3.63, 3.8) is 0 Å². The first-order chi connectivity index (χ1) is 5.42. The second-order valence-corrected chi connectivity index (χ2v) is 2.31. The molecule has 0 saturated heterocycles. The maximum absolute atomic E-state index is 10.4. The van der Waals surface area contributed by atoms with Gasteiger partial charge in [0.1, 0.15) is 0 Å². The van der Waals surface area contributed by atoms with Crippen molar-refractivity contribution in [3.05, 3.63) is 11.4 Å². The fourth-order valence-corrected chi connectivity index (χ4v) is 1.09. The van der Waals surface area contributed by atoms with Crippen LogP contribution in [0.3, 0.4) is 0 Å². The van der Waals surface area contributed by atoms with Gasteiger partial charge < -0.3 is 4.74 Å². The highest BCUT2D eigenvalue weighted by atomic mass is 16.5. The standard InChI is InChI=1S/C6H7N3O2/c10-3-5-6-4-11-2-1-9(6)8-7-5/h3H,1-2,4H2. The summed E-state index contributed by atoms with van der Waals surface area (Å²) in [5.41, 5.74) is 1.18. The molecule has 0 aliphatic carbocycles. The third kappa shape index (κ3) is 0.932. The number of hydrogen-bond acceptors (Lipinski definition) is 4.